The molecule has 0 N–H and O–H groups in total. The van der Waals surface area contributed by atoms with E-state index >= 15 is 0 Å². The summed E-state index contributed by atoms with van der Waals surface area (Å²) in [5, 5.41) is 9.18. The fraction of sp³-hybridized carbons (Fsp3) is 0.308. The molecule has 94 valence electrons. The summed E-state index contributed by atoms with van der Waals surface area (Å²) in [6, 6.07) is 6.43. The minimum atomic E-state index is -0.227. The van der Waals surface area contributed by atoms with Gasteiger partial charge in [0.1, 0.15) is 10.8 Å². The summed E-state index contributed by atoms with van der Waals surface area (Å²) in [4.78, 5) is 4.44. The number of rotatable bonds is 4. The van der Waals surface area contributed by atoms with Crippen LogP contribution in [0.4, 0.5) is 4.39 Å². The van der Waals surface area contributed by atoms with E-state index in [4.69, 9.17) is 0 Å². The summed E-state index contributed by atoms with van der Waals surface area (Å²) in [5.74, 6) is 0.525. The summed E-state index contributed by atoms with van der Waals surface area (Å²) in [7, 11) is 0. The fourth-order valence-electron chi connectivity index (χ4n) is 1.58. The quantitative estimate of drug-likeness (QED) is 0.795. The summed E-state index contributed by atoms with van der Waals surface area (Å²) < 4.78 is 12.8. The van der Waals surface area contributed by atoms with Crippen LogP contribution < -0.4 is 0 Å². The Hall–Kier alpha value is -1.49. The first-order chi connectivity index (χ1) is 8.72. The number of hydrogen-bond donors (Lipinski definition) is 0. The number of halogens is 1. The maximum absolute atomic E-state index is 12.8. The normalized spacial score (nSPS) is 10.6. The monoisotopic (exact) mass is 263 g/mol. The number of aromatic nitrogens is 3. The molecule has 0 radical (unpaired) electrons. The van der Waals surface area contributed by atoms with Crippen LogP contribution in [-0.4, -0.2) is 21.4 Å². The van der Waals surface area contributed by atoms with Gasteiger partial charge in [0.2, 0.25) is 0 Å². The van der Waals surface area contributed by atoms with Crippen molar-refractivity contribution >= 4 is 11.8 Å². The molecule has 5 heteroatoms. The molecule has 1 heterocycles. The molecule has 2 rings (SSSR count). The Morgan fingerprint density at radius 3 is 2.50 bits per heavy atom. The van der Waals surface area contributed by atoms with Crippen LogP contribution in [0.3, 0.4) is 0 Å². The molecule has 3 nitrogen and oxygen atoms in total. The van der Waals surface area contributed by atoms with Crippen LogP contribution in [0.25, 0.3) is 0 Å². The molecule has 0 aliphatic heterocycles. The van der Waals surface area contributed by atoms with Crippen LogP contribution >= 0.6 is 11.8 Å². The van der Waals surface area contributed by atoms with Crippen molar-refractivity contribution in [2.75, 3.05) is 6.26 Å². The molecular formula is C13H14FN3S. The third kappa shape index (κ3) is 3.04. The highest BCUT2D eigenvalue weighted by Crippen LogP contribution is 2.18. The zero-order chi connectivity index (χ0) is 13.0. The lowest BCUT2D eigenvalue weighted by molar-refractivity contribution is 0.627. The number of hydrogen-bond acceptors (Lipinski definition) is 4. The third-order valence-corrected chi connectivity index (χ3v) is 3.27. The summed E-state index contributed by atoms with van der Waals surface area (Å²) in [6.45, 7) is 2.00. The largest absolute Gasteiger partial charge is 0.223 e. The Morgan fingerprint density at radius 1 is 1.17 bits per heavy atom. The summed E-state index contributed by atoms with van der Waals surface area (Å²) in [5.41, 5.74) is 1.85. The van der Waals surface area contributed by atoms with E-state index in [1.54, 1.807) is 23.9 Å². The molecule has 0 aliphatic carbocycles. The highest BCUT2D eigenvalue weighted by Gasteiger charge is 2.08. The Labute approximate surface area is 110 Å². The van der Waals surface area contributed by atoms with Crippen LogP contribution in [-0.2, 0) is 12.8 Å². The van der Waals surface area contributed by atoms with Gasteiger partial charge in [0.05, 0.1) is 5.69 Å². The highest BCUT2D eigenvalue weighted by atomic mass is 32.2. The molecule has 2 aromatic rings. The first kappa shape index (κ1) is 13.0. The maximum Gasteiger partial charge on any atom is 0.151 e. The molecular weight excluding hydrogens is 249 g/mol. The lowest BCUT2D eigenvalue weighted by atomic mass is 10.1. The molecule has 0 atom stereocenters. The average Bonchev–Trinajstić information content (AvgIpc) is 2.41. The summed E-state index contributed by atoms with van der Waals surface area (Å²) >= 11 is 1.56. The van der Waals surface area contributed by atoms with Gasteiger partial charge in [0.25, 0.3) is 0 Å². The predicted molar refractivity (Wildman–Crippen MR) is 70.2 cm³/mol. The zero-order valence-corrected chi connectivity index (χ0v) is 11.2. The minimum Gasteiger partial charge on any atom is -0.223 e. The van der Waals surface area contributed by atoms with E-state index in [2.05, 4.69) is 15.2 Å². The molecule has 0 unspecified atom stereocenters. The van der Waals surface area contributed by atoms with Crippen LogP contribution in [0.1, 0.15) is 24.0 Å². The minimum absolute atomic E-state index is 0.227. The van der Waals surface area contributed by atoms with Crippen molar-refractivity contribution in [3.05, 3.63) is 47.2 Å². The number of thioether (sulfide) groups is 1. The smallest absolute Gasteiger partial charge is 0.151 e. The van der Waals surface area contributed by atoms with Crippen molar-refractivity contribution in [3.63, 3.8) is 0 Å². The van der Waals surface area contributed by atoms with Crippen molar-refractivity contribution < 1.29 is 4.39 Å². The van der Waals surface area contributed by atoms with Gasteiger partial charge in [-0.15, -0.1) is 16.9 Å². The van der Waals surface area contributed by atoms with E-state index in [1.807, 2.05) is 13.2 Å². The van der Waals surface area contributed by atoms with E-state index in [9.17, 15) is 4.39 Å². The van der Waals surface area contributed by atoms with E-state index in [0.717, 1.165) is 28.5 Å². The third-order valence-electron chi connectivity index (χ3n) is 2.56. The zero-order valence-electron chi connectivity index (χ0n) is 10.4. The van der Waals surface area contributed by atoms with Gasteiger partial charge in [-0.05, 0) is 24.0 Å². The lowest BCUT2D eigenvalue weighted by Crippen LogP contribution is -2.04. The van der Waals surface area contributed by atoms with E-state index < -0.39 is 0 Å². The van der Waals surface area contributed by atoms with Gasteiger partial charge in [-0.1, -0.05) is 19.1 Å². The molecule has 0 saturated heterocycles. The Morgan fingerprint density at radius 2 is 1.89 bits per heavy atom. The van der Waals surface area contributed by atoms with Crippen molar-refractivity contribution in [2.24, 2.45) is 0 Å². The van der Waals surface area contributed by atoms with E-state index in [-0.39, 0.29) is 5.82 Å². The van der Waals surface area contributed by atoms with Gasteiger partial charge in [0.15, 0.2) is 5.82 Å². The van der Waals surface area contributed by atoms with Crippen molar-refractivity contribution in [2.45, 2.75) is 24.8 Å². The van der Waals surface area contributed by atoms with Crippen LogP contribution in [0, 0.1) is 5.82 Å². The first-order valence-corrected chi connectivity index (χ1v) is 6.96. The Kier molecular flexibility index (Phi) is 4.25. The van der Waals surface area contributed by atoms with Gasteiger partial charge in [-0.3, -0.25) is 0 Å². The van der Waals surface area contributed by atoms with Crippen LogP contribution in [0.2, 0.25) is 0 Å². The predicted octanol–water partition coefficient (Wildman–Crippen LogP) is 2.89. The molecule has 18 heavy (non-hydrogen) atoms. The molecule has 0 bridgehead atoms. The molecule has 0 fully saturated rings. The molecule has 0 amide bonds. The van der Waals surface area contributed by atoms with Crippen LogP contribution in [0.5, 0.6) is 0 Å². The standard InChI is InChI=1S/C13H14FN3S/c1-3-12-15-13(18-2)11(16-17-12)8-9-4-6-10(14)7-5-9/h4-7H,3,8H2,1-2H3. The van der Waals surface area contributed by atoms with Gasteiger partial charge in [0, 0.05) is 12.8 Å². The number of aryl methyl sites for hydroxylation is 1. The molecule has 0 saturated carbocycles. The topological polar surface area (TPSA) is 38.7 Å². The molecule has 0 aliphatic rings. The van der Waals surface area contributed by atoms with Gasteiger partial charge in [-0.25, -0.2) is 9.37 Å². The second-order valence-corrected chi connectivity index (χ2v) is 4.64. The Bertz CT molecular complexity index is 528. The van der Waals surface area contributed by atoms with Crippen molar-refractivity contribution in [3.8, 4) is 0 Å². The fourth-order valence-corrected chi connectivity index (χ4v) is 2.13. The number of nitrogens with zero attached hydrogens (tertiary/aromatic N) is 3. The molecule has 1 aromatic carbocycles. The second-order valence-electron chi connectivity index (χ2n) is 3.84. The van der Waals surface area contributed by atoms with Gasteiger partial charge >= 0.3 is 0 Å². The number of benzene rings is 1. The SMILES string of the molecule is CCc1nnc(Cc2ccc(F)cc2)c(SC)n1. The van der Waals surface area contributed by atoms with Crippen LogP contribution in [0.15, 0.2) is 29.3 Å². The second kappa shape index (κ2) is 5.91. The van der Waals surface area contributed by atoms with Gasteiger partial charge in [-0.2, -0.15) is 5.10 Å². The van der Waals surface area contributed by atoms with E-state index in [1.165, 1.54) is 12.1 Å². The van der Waals surface area contributed by atoms with Gasteiger partial charge < -0.3 is 0 Å². The van der Waals surface area contributed by atoms with E-state index in [0.29, 0.717) is 6.42 Å². The highest BCUT2D eigenvalue weighted by molar-refractivity contribution is 7.98. The molecule has 1 aromatic heterocycles. The Balaban J connectivity index is 2.25. The molecule has 0 spiro atoms. The summed E-state index contributed by atoms with van der Waals surface area (Å²) in [6.07, 6.45) is 3.37. The first-order valence-electron chi connectivity index (χ1n) is 5.73. The van der Waals surface area contributed by atoms with Crippen molar-refractivity contribution in [1.29, 1.82) is 0 Å². The average molecular weight is 263 g/mol. The maximum atomic E-state index is 12.8. The van der Waals surface area contributed by atoms with Crippen molar-refractivity contribution in [1.82, 2.24) is 15.2 Å². The lowest BCUT2D eigenvalue weighted by Gasteiger charge is -2.06.